The zero-order valence-corrected chi connectivity index (χ0v) is 14.3. The molecule has 0 bridgehead atoms. The van der Waals surface area contributed by atoms with Gasteiger partial charge in [0.25, 0.3) is 0 Å². The van der Waals surface area contributed by atoms with Crippen LogP contribution >= 0.6 is 11.8 Å². The SMILES string of the molecule is COC(=O)c1ccccc1Sc1cc(F)c(C(=O)OC)c(F)c1[N+](=O)[O-]. The molecule has 0 fully saturated rings. The van der Waals surface area contributed by atoms with Gasteiger partial charge in [-0.15, -0.1) is 0 Å². The molecule has 0 aliphatic heterocycles. The summed E-state index contributed by atoms with van der Waals surface area (Å²) in [4.78, 5) is 33.2. The standard InChI is InChI=1S/C16H11F2NO6S/c1-24-15(20)8-5-3-4-6-10(8)26-11-7-9(17)12(16(21)25-2)13(18)14(11)19(22)23/h3-7H,1-2H3. The molecule has 10 heteroatoms. The zero-order valence-electron chi connectivity index (χ0n) is 13.4. The first kappa shape index (κ1) is 19.3. The molecule has 0 aliphatic rings. The lowest BCUT2D eigenvalue weighted by molar-refractivity contribution is -0.390. The summed E-state index contributed by atoms with van der Waals surface area (Å²) < 4.78 is 37.4. The molecule has 136 valence electrons. The Morgan fingerprint density at radius 3 is 2.27 bits per heavy atom. The van der Waals surface area contributed by atoms with Crippen LogP contribution in [-0.2, 0) is 9.47 Å². The number of carbonyl (C=O) groups is 2. The van der Waals surface area contributed by atoms with E-state index in [0.29, 0.717) is 17.8 Å². The summed E-state index contributed by atoms with van der Waals surface area (Å²) in [7, 11) is 2.04. The summed E-state index contributed by atoms with van der Waals surface area (Å²) in [6.07, 6.45) is 0. The molecular formula is C16H11F2NO6S. The molecule has 2 rings (SSSR count). The third-order valence-corrected chi connectivity index (χ3v) is 4.35. The topological polar surface area (TPSA) is 95.7 Å². The van der Waals surface area contributed by atoms with Gasteiger partial charge in [0.1, 0.15) is 11.4 Å². The van der Waals surface area contributed by atoms with Gasteiger partial charge in [-0.1, -0.05) is 23.9 Å². The number of nitro groups is 1. The number of carbonyl (C=O) groups excluding carboxylic acids is 2. The summed E-state index contributed by atoms with van der Waals surface area (Å²) in [6, 6.07) is 6.55. The average molecular weight is 383 g/mol. The van der Waals surface area contributed by atoms with E-state index in [1.54, 1.807) is 0 Å². The lowest BCUT2D eigenvalue weighted by atomic mass is 10.1. The van der Waals surface area contributed by atoms with Gasteiger partial charge < -0.3 is 9.47 Å². The highest BCUT2D eigenvalue weighted by Gasteiger charge is 2.32. The van der Waals surface area contributed by atoms with E-state index in [2.05, 4.69) is 9.47 Å². The number of nitro benzene ring substituents is 1. The summed E-state index contributed by atoms with van der Waals surface area (Å²) >= 11 is 0.595. The second kappa shape index (κ2) is 7.91. The number of methoxy groups -OCH3 is 2. The Labute approximate surface area is 150 Å². The first-order chi connectivity index (χ1) is 12.3. The predicted octanol–water partition coefficient (Wildman–Crippen LogP) is 3.60. The first-order valence-corrected chi connectivity index (χ1v) is 7.73. The molecule has 2 aromatic carbocycles. The Bertz CT molecular complexity index is 903. The Kier molecular flexibility index (Phi) is 5.88. The molecule has 0 amide bonds. The molecule has 0 atom stereocenters. The van der Waals surface area contributed by atoms with Crippen molar-refractivity contribution in [1.82, 2.24) is 0 Å². The summed E-state index contributed by atoms with van der Waals surface area (Å²) in [5, 5.41) is 11.3. The molecule has 0 aliphatic carbocycles. The second-order valence-electron chi connectivity index (χ2n) is 4.73. The first-order valence-electron chi connectivity index (χ1n) is 6.91. The highest BCUT2D eigenvalue weighted by atomic mass is 32.2. The van der Waals surface area contributed by atoms with Gasteiger partial charge in [-0.05, 0) is 18.2 Å². The van der Waals surface area contributed by atoms with E-state index in [-0.39, 0.29) is 10.5 Å². The molecule has 0 saturated carbocycles. The van der Waals surface area contributed by atoms with Crippen LogP contribution in [0.2, 0.25) is 0 Å². The van der Waals surface area contributed by atoms with Gasteiger partial charge in [-0.2, -0.15) is 4.39 Å². The molecule has 0 radical (unpaired) electrons. The fourth-order valence-corrected chi connectivity index (χ4v) is 3.14. The minimum atomic E-state index is -1.65. The Balaban J connectivity index is 2.64. The predicted molar refractivity (Wildman–Crippen MR) is 86.3 cm³/mol. The minimum absolute atomic E-state index is 0.0622. The van der Waals surface area contributed by atoms with E-state index in [1.165, 1.54) is 24.3 Å². The van der Waals surface area contributed by atoms with Crippen LogP contribution in [0.4, 0.5) is 14.5 Å². The maximum atomic E-state index is 14.4. The van der Waals surface area contributed by atoms with Crippen molar-refractivity contribution in [3.05, 3.63) is 63.2 Å². The van der Waals surface area contributed by atoms with Gasteiger partial charge in [0, 0.05) is 4.90 Å². The van der Waals surface area contributed by atoms with Crippen molar-refractivity contribution >= 4 is 29.4 Å². The van der Waals surface area contributed by atoms with Crippen molar-refractivity contribution in [1.29, 1.82) is 0 Å². The van der Waals surface area contributed by atoms with Crippen molar-refractivity contribution in [2.75, 3.05) is 14.2 Å². The quantitative estimate of drug-likeness (QED) is 0.442. The van der Waals surface area contributed by atoms with Crippen LogP contribution in [0.3, 0.4) is 0 Å². The number of esters is 2. The lowest BCUT2D eigenvalue weighted by Gasteiger charge is -2.10. The fraction of sp³-hybridized carbons (Fsp3) is 0.125. The van der Waals surface area contributed by atoms with Gasteiger partial charge >= 0.3 is 17.6 Å². The number of nitrogens with zero attached hydrogens (tertiary/aromatic N) is 1. The Morgan fingerprint density at radius 1 is 1.08 bits per heavy atom. The Hall–Kier alpha value is -3.01. The third-order valence-electron chi connectivity index (χ3n) is 3.24. The van der Waals surface area contributed by atoms with Crippen molar-refractivity contribution in [2.24, 2.45) is 0 Å². The molecular weight excluding hydrogens is 372 g/mol. The van der Waals surface area contributed by atoms with Crippen LogP contribution in [-0.4, -0.2) is 31.1 Å². The Morgan fingerprint density at radius 2 is 1.69 bits per heavy atom. The minimum Gasteiger partial charge on any atom is -0.465 e. The van der Waals surface area contributed by atoms with Gasteiger partial charge in [0.05, 0.1) is 29.6 Å². The van der Waals surface area contributed by atoms with Crippen LogP contribution < -0.4 is 0 Å². The monoisotopic (exact) mass is 383 g/mol. The van der Waals surface area contributed by atoms with E-state index >= 15 is 0 Å². The number of ether oxygens (including phenoxy) is 2. The number of benzene rings is 2. The van der Waals surface area contributed by atoms with Crippen LogP contribution in [0.25, 0.3) is 0 Å². The number of hydrogen-bond donors (Lipinski definition) is 0. The van der Waals surface area contributed by atoms with Gasteiger partial charge in [0.15, 0.2) is 0 Å². The summed E-state index contributed by atoms with van der Waals surface area (Å²) in [6.45, 7) is 0. The van der Waals surface area contributed by atoms with Gasteiger partial charge in [-0.3, -0.25) is 10.1 Å². The molecule has 0 N–H and O–H groups in total. The number of rotatable bonds is 5. The molecule has 0 heterocycles. The van der Waals surface area contributed by atoms with Crippen LogP contribution in [0.15, 0.2) is 40.1 Å². The molecule has 2 aromatic rings. The summed E-state index contributed by atoms with van der Waals surface area (Å²) in [5.41, 5.74) is -2.20. The lowest BCUT2D eigenvalue weighted by Crippen LogP contribution is -2.11. The smallest absolute Gasteiger partial charge is 0.344 e. The molecule has 0 spiro atoms. The van der Waals surface area contributed by atoms with E-state index in [1.807, 2.05) is 0 Å². The largest absolute Gasteiger partial charge is 0.465 e. The highest BCUT2D eigenvalue weighted by molar-refractivity contribution is 7.99. The number of hydrogen-bond acceptors (Lipinski definition) is 7. The van der Waals surface area contributed by atoms with Crippen LogP contribution in [0.5, 0.6) is 0 Å². The normalized spacial score (nSPS) is 10.3. The molecule has 0 aromatic heterocycles. The van der Waals surface area contributed by atoms with Crippen molar-refractivity contribution in [3.8, 4) is 0 Å². The van der Waals surface area contributed by atoms with Crippen LogP contribution in [0, 0.1) is 21.7 Å². The van der Waals surface area contributed by atoms with Gasteiger partial charge in [0.2, 0.25) is 5.82 Å². The van der Waals surface area contributed by atoms with Crippen molar-refractivity contribution in [3.63, 3.8) is 0 Å². The molecule has 0 saturated heterocycles. The second-order valence-corrected chi connectivity index (χ2v) is 5.82. The summed E-state index contributed by atoms with van der Waals surface area (Å²) in [5.74, 6) is -5.07. The van der Waals surface area contributed by atoms with E-state index in [0.717, 1.165) is 14.2 Å². The van der Waals surface area contributed by atoms with E-state index in [9.17, 15) is 28.5 Å². The molecule has 7 nitrogen and oxygen atoms in total. The molecule has 0 unspecified atom stereocenters. The van der Waals surface area contributed by atoms with Crippen LogP contribution in [0.1, 0.15) is 20.7 Å². The van der Waals surface area contributed by atoms with E-state index < -0.39 is 44.6 Å². The van der Waals surface area contributed by atoms with Crippen molar-refractivity contribution in [2.45, 2.75) is 9.79 Å². The fourth-order valence-electron chi connectivity index (χ4n) is 2.08. The van der Waals surface area contributed by atoms with E-state index in [4.69, 9.17) is 0 Å². The third kappa shape index (κ3) is 3.64. The zero-order chi connectivity index (χ0) is 19.4. The average Bonchev–Trinajstić information content (AvgIpc) is 2.60. The number of halogens is 2. The van der Waals surface area contributed by atoms with Gasteiger partial charge in [-0.25, -0.2) is 14.0 Å². The highest BCUT2D eigenvalue weighted by Crippen LogP contribution is 2.40. The molecule has 26 heavy (non-hydrogen) atoms. The maximum absolute atomic E-state index is 14.4. The van der Waals surface area contributed by atoms with Crippen molar-refractivity contribution < 1.29 is 32.8 Å². The maximum Gasteiger partial charge on any atom is 0.344 e.